The van der Waals surface area contributed by atoms with Gasteiger partial charge in [0.05, 0.1) is 12.2 Å². The van der Waals surface area contributed by atoms with Gasteiger partial charge in [-0.2, -0.15) is 0 Å². The van der Waals surface area contributed by atoms with Crippen LogP contribution in [0.15, 0.2) is 30.3 Å². The number of anilines is 2. The third-order valence-electron chi connectivity index (χ3n) is 3.78. The van der Waals surface area contributed by atoms with E-state index in [0.29, 0.717) is 31.0 Å². The van der Waals surface area contributed by atoms with E-state index in [0.717, 1.165) is 18.2 Å². The molecule has 1 N–H and O–H groups in total. The molecule has 1 aliphatic heterocycles. The topological polar surface area (TPSA) is 32.3 Å². The van der Waals surface area contributed by atoms with Gasteiger partial charge in [0.25, 0.3) is 0 Å². The van der Waals surface area contributed by atoms with Gasteiger partial charge in [0.15, 0.2) is 0 Å². The summed E-state index contributed by atoms with van der Waals surface area (Å²) in [6, 6.07) is 4.70. The molecule has 7 heteroatoms. The van der Waals surface area contributed by atoms with Crippen molar-refractivity contribution < 1.29 is 22.4 Å². The number of hydrogen-bond donors (Lipinski definition) is 1. The minimum atomic E-state index is -0.810. The lowest BCUT2D eigenvalue weighted by molar-refractivity contribution is -0.115. The van der Waals surface area contributed by atoms with Gasteiger partial charge in [-0.05, 0) is 36.6 Å². The van der Waals surface area contributed by atoms with Crippen molar-refractivity contribution in [2.45, 2.75) is 12.8 Å². The van der Waals surface area contributed by atoms with Crippen LogP contribution in [-0.2, 0) is 11.2 Å². The van der Waals surface area contributed by atoms with Crippen molar-refractivity contribution in [2.24, 2.45) is 0 Å². The summed E-state index contributed by atoms with van der Waals surface area (Å²) in [6.07, 6.45) is 1.18. The largest absolute Gasteiger partial charge is 0.360 e. The zero-order valence-electron chi connectivity index (χ0n) is 12.6. The lowest BCUT2D eigenvalue weighted by Gasteiger charge is -2.31. The molecule has 0 saturated heterocycles. The SMILES string of the molecule is O=C(CN1CCCc2cc(F)cc(F)c21)Nc1cc(F)cc(F)c1. The molecule has 0 fully saturated rings. The molecule has 3 nitrogen and oxygen atoms in total. The number of rotatable bonds is 3. The van der Waals surface area contributed by atoms with Crippen molar-refractivity contribution in [1.29, 1.82) is 0 Å². The fourth-order valence-corrected chi connectivity index (χ4v) is 2.89. The predicted octanol–water partition coefficient (Wildman–Crippen LogP) is 3.63. The number of aryl methyl sites for hydroxylation is 1. The molecule has 0 atom stereocenters. The fraction of sp³-hybridized carbons (Fsp3) is 0.235. The van der Waals surface area contributed by atoms with Crippen LogP contribution in [0.4, 0.5) is 28.9 Å². The number of nitrogens with zero attached hydrogens (tertiary/aromatic N) is 1. The first-order valence-electron chi connectivity index (χ1n) is 7.41. The van der Waals surface area contributed by atoms with Crippen LogP contribution in [0, 0.1) is 23.3 Å². The Balaban J connectivity index is 1.76. The maximum atomic E-state index is 14.1. The van der Waals surface area contributed by atoms with E-state index in [9.17, 15) is 22.4 Å². The summed E-state index contributed by atoms with van der Waals surface area (Å²) in [6.45, 7) is 0.230. The van der Waals surface area contributed by atoms with Crippen molar-refractivity contribution in [3.05, 3.63) is 59.2 Å². The highest BCUT2D eigenvalue weighted by Gasteiger charge is 2.23. The van der Waals surface area contributed by atoms with Crippen molar-refractivity contribution in [3.8, 4) is 0 Å². The van der Waals surface area contributed by atoms with Crippen molar-refractivity contribution in [1.82, 2.24) is 0 Å². The Labute approximate surface area is 135 Å². The van der Waals surface area contributed by atoms with Crippen LogP contribution in [0.2, 0.25) is 0 Å². The maximum absolute atomic E-state index is 14.1. The van der Waals surface area contributed by atoms with Crippen molar-refractivity contribution in [3.63, 3.8) is 0 Å². The minimum Gasteiger partial charge on any atom is -0.360 e. The van der Waals surface area contributed by atoms with E-state index in [-0.39, 0.29) is 17.9 Å². The average Bonchev–Trinajstić information content (AvgIpc) is 2.45. The Morgan fingerprint density at radius 3 is 2.38 bits per heavy atom. The van der Waals surface area contributed by atoms with E-state index in [1.54, 1.807) is 0 Å². The third kappa shape index (κ3) is 3.50. The first-order valence-corrected chi connectivity index (χ1v) is 7.41. The number of nitrogens with one attached hydrogen (secondary N) is 1. The van der Waals surface area contributed by atoms with E-state index in [4.69, 9.17) is 0 Å². The minimum absolute atomic E-state index is 0.0192. The van der Waals surface area contributed by atoms with E-state index in [1.807, 2.05) is 0 Å². The molecule has 3 rings (SSSR count). The van der Waals surface area contributed by atoms with Gasteiger partial charge in [-0.25, -0.2) is 17.6 Å². The maximum Gasteiger partial charge on any atom is 0.243 e. The number of carbonyl (C=O) groups excluding carboxylic acids is 1. The molecule has 0 radical (unpaired) electrons. The molecular formula is C17H14F4N2O. The van der Waals surface area contributed by atoms with Gasteiger partial charge in [-0.1, -0.05) is 0 Å². The summed E-state index contributed by atoms with van der Waals surface area (Å²) in [5, 5.41) is 2.38. The second-order valence-corrected chi connectivity index (χ2v) is 5.63. The van der Waals surface area contributed by atoms with Gasteiger partial charge < -0.3 is 10.2 Å². The van der Waals surface area contributed by atoms with Gasteiger partial charge >= 0.3 is 0 Å². The standard InChI is InChI=1S/C17H14F4N2O/c18-11-4-10-2-1-3-23(17(10)15(21)8-11)9-16(24)22-14-6-12(19)5-13(20)7-14/h4-8H,1-3,9H2,(H,22,24). The molecule has 0 spiro atoms. The number of benzene rings is 2. The Morgan fingerprint density at radius 2 is 1.67 bits per heavy atom. The van der Waals surface area contributed by atoms with Crippen LogP contribution in [0.25, 0.3) is 0 Å². The van der Waals surface area contributed by atoms with Crippen LogP contribution in [-0.4, -0.2) is 19.0 Å². The van der Waals surface area contributed by atoms with Crippen molar-refractivity contribution in [2.75, 3.05) is 23.3 Å². The van der Waals surface area contributed by atoms with Gasteiger partial charge in [-0.15, -0.1) is 0 Å². The van der Waals surface area contributed by atoms with E-state index in [2.05, 4.69) is 5.32 Å². The summed E-state index contributed by atoms with van der Waals surface area (Å²) >= 11 is 0. The molecule has 1 aliphatic rings. The Kier molecular flexibility index (Phi) is 4.42. The first-order chi connectivity index (χ1) is 11.4. The smallest absolute Gasteiger partial charge is 0.243 e. The predicted molar refractivity (Wildman–Crippen MR) is 81.9 cm³/mol. The third-order valence-corrected chi connectivity index (χ3v) is 3.78. The highest BCUT2D eigenvalue weighted by Crippen LogP contribution is 2.30. The van der Waals surface area contributed by atoms with Crippen LogP contribution in [0.1, 0.15) is 12.0 Å². The second-order valence-electron chi connectivity index (χ2n) is 5.63. The number of hydrogen-bond acceptors (Lipinski definition) is 2. The van der Waals surface area contributed by atoms with Gasteiger partial charge in [0.2, 0.25) is 5.91 Å². The molecule has 1 heterocycles. The second kappa shape index (κ2) is 6.51. The molecule has 0 bridgehead atoms. The molecule has 1 amide bonds. The molecule has 24 heavy (non-hydrogen) atoms. The summed E-state index contributed by atoms with van der Waals surface area (Å²) in [4.78, 5) is 13.6. The number of fused-ring (bicyclic) bond motifs is 1. The van der Waals surface area contributed by atoms with Gasteiger partial charge in [-0.3, -0.25) is 4.79 Å². The van der Waals surface area contributed by atoms with Crippen LogP contribution < -0.4 is 10.2 Å². The van der Waals surface area contributed by atoms with E-state index in [1.165, 1.54) is 11.0 Å². The molecule has 2 aromatic carbocycles. The number of halogens is 4. The molecule has 0 saturated carbocycles. The Bertz CT molecular complexity index is 774. The normalized spacial score (nSPS) is 13.6. The number of carbonyl (C=O) groups is 1. The molecule has 126 valence electrons. The fourth-order valence-electron chi connectivity index (χ4n) is 2.89. The lowest BCUT2D eigenvalue weighted by atomic mass is 10.0. The molecular weight excluding hydrogens is 324 g/mol. The summed E-state index contributed by atoms with van der Waals surface area (Å²) in [5.41, 5.74) is 0.681. The van der Waals surface area contributed by atoms with Crippen molar-refractivity contribution >= 4 is 17.3 Å². The monoisotopic (exact) mass is 338 g/mol. The summed E-state index contributed by atoms with van der Waals surface area (Å²) < 4.78 is 53.6. The Morgan fingerprint density at radius 1 is 1.00 bits per heavy atom. The molecule has 0 unspecified atom stereocenters. The summed E-state index contributed by atoms with van der Waals surface area (Å²) in [5.74, 6) is -3.55. The Hall–Kier alpha value is -2.57. The van der Waals surface area contributed by atoms with Crippen LogP contribution in [0.5, 0.6) is 0 Å². The zero-order valence-corrected chi connectivity index (χ0v) is 12.6. The molecule has 0 aromatic heterocycles. The quantitative estimate of drug-likeness (QED) is 0.867. The molecule has 2 aromatic rings. The zero-order chi connectivity index (χ0) is 17.3. The highest BCUT2D eigenvalue weighted by molar-refractivity contribution is 5.94. The molecule has 0 aliphatic carbocycles. The van der Waals surface area contributed by atoms with E-state index >= 15 is 0 Å². The van der Waals surface area contributed by atoms with E-state index < -0.39 is 29.2 Å². The summed E-state index contributed by atoms with van der Waals surface area (Å²) in [7, 11) is 0. The number of amides is 1. The highest BCUT2D eigenvalue weighted by atomic mass is 19.1. The average molecular weight is 338 g/mol. The van der Waals surface area contributed by atoms with Crippen LogP contribution >= 0.6 is 0 Å². The lowest BCUT2D eigenvalue weighted by Crippen LogP contribution is -2.37. The van der Waals surface area contributed by atoms with Crippen LogP contribution in [0.3, 0.4) is 0 Å². The van der Waals surface area contributed by atoms with Gasteiger partial charge in [0.1, 0.15) is 23.3 Å². The first kappa shape index (κ1) is 16.3. The van der Waals surface area contributed by atoms with Gasteiger partial charge in [0, 0.05) is 24.4 Å².